The number of alkyl halides is 2. The second kappa shape index (κ2) is 9.51. The zero-order valence-corrected chi connectivity index (χ0v) is 20.7. The van der Waals surface area contributed by atoms with E-state index in [1.807, 2.05) is 29.3 Å². The molecule has 6 heterocycles. The molecule has 196 valence electrons. The van der Waals surface area contributed by atoms with Gasteiger partial charge in [0.1, 0.15) is 28.9 Å². The molecule has 38 heavy (non-hydrogen) atoms. The maximum absolute atomic E-state index is 12.7. The first-order valence-electron chi connectivity index (χ1n) is 12.4. The molecule has 10 nitrogen and oxygen atoms in total. The number of nitrogens with one attached hydrogen (secondary N) is 2. The van der Waals surface area contributed by atoms with Gasteiger partial charge in [-0.15, -0.1) is 0 Å². The van der Waals surface area contributed by atoms with Crippen LogP contribution in [0.1, 0.15) is 19.8 Å². The minimum Gasteiger partial charge on any atom is -0.435 e. The number of carbonyl (C=O) groups is 1. The molecule has 1 spiro atoms. The maximum atomic E-state index is 12.7. The van der Waals surface area contributed by atoms with Crippen molar-refractivity contribution in [2.45, 2.75) is 26.4 Å². The fourth-order valence-electron chi connectivity index (χ4n) is 5.25. The number of likely N-dealkylation sites (tertiary alicyclic amines) is 1. The summed E-state index contributed by atoms with van der Waals surface area (Å²) in [6.07, 6.45) is 6.85. The minimum atomic E-state index is -2.93. The standard InChI is InChI=1S/C26H26F2N8O2/c1-16(37)35-9-5-26(6-10-35)14-36(15-26)22-12-21(32-20-11-17(4-8-29-20)38-25(27)28)33-24(34-22)19-13-31-23-18(19)3-2-7-30-23/h2-4,7-8,11-13,25H,5-6,9-10,14-15H2,1H3,(H,30,31)(H,29,32,33,34). The summed E-state index contributed by atoms with van der Waals surface area (Å²) < 4.78 is 29.9. The van der Waals surface area contributed by atoms with E-state index in [1.54, 1.807) is 13.1 Å². The van der Waals surface area contributed by atoms with Crippen LogP contribution in [-0.4, -0.2) is 68.5 Å². The molecule has 2 saturated heterocycles. The summed E-state index contributed by atoms with van der Waals surface area (Å²) in [7, 11) is 0. The number of rotatable bonds is 6. The van der Waals surface area contributed by atoms with Gasteiger partial charge in [-0.25, -0.2) is 19.9 Å². The molecule has 1 amide bonds. The Labute approximate surface area is 217 Å². The zero-order valence-electron chi connectivity index (χ0n) is 20.7. The number of carbonyl (C=O) groups excluding carboxylic acids is 1. The Morgan fingerprint density at radius 2 is 1.92 bits per heavy atom. The van der Waals surface area contributed by atoms with Crippen LogP contribution in [0.4, 0.5) is 26.2 Å². The monoisotopic (exact) mass is 520 g/mol. The number of hydrogen-bond donors (Lipinski definition) is 2. The minimum absolute atomic E-state index is 0.00343. The summed E-state index contributed by atoms with van der Waals surface area (Å²) in [6, 6.07) is 8.39. The fourth-order valence-corrected chi connectivity index (χ4v) is 5.25. The highest BCUT2D eigenvalue weighted by Gasteiger charge is 2.45. The van der Waals surface area contributed by atoms with Gasteiger partial charge in [0, 0.05) is 80.2 Å². The van der Waals surface area contributed by atoms with Crippen molar-refractivity contribution >= 4 is 34.4 Å². The number of amides is 1. The van der Waals surface area contributed by atoms with Crippen LogP contribution < -0.4 is 15.0 Å². The van der Waals surface area contributed by atoms with Gasteiger partial charge >= 0.3 is 6.61 Å². The number of hydrogen-bond acceptors (Lipinski definition) is 8. The van der Waals surface area contributed by atoms with Gasteiger partial charge in [0.15, 0.2) is 5.82 Å². The molecule has 6 rings (SSSR count). The van der Waals surface area contributed by atoms with E-state index in [9.17, 15) is 13.6 Å². The molecule has 2 aliphatic heterocycles. The molecule has 4 aromatic heterocycles. The summed E-state index contributed by atoms with van der Waals surface area (Å²) >= 11 is 0. The lowest BCUT2D eigenvalue weighted by Crippen LogP contribution is -2.61. The van der Waals surface area contributed by atoms with E-state index in [2.05, 4.69) is 29.9 Å². The lowest BCUT2D eigenvalue weighted by atomic mass is 9.72. The second-order valence-electron chi connectivity index (χ2n) is 9.78. The Kier molecular flexibility index (Phi) is 6.01. The van der Waals surface area contributed by atoms with E-state index < -0.39 is 6.61 Å². The summed E-state index contributed by atoms with van der Waals surface area (Å²) in [4.78, 5) is 37.2. The van der Waals surface area contributed by atoms with Crippen LogP contribution in [0.25, 0.3) is 22.4 Å². The van der Waals surface area contributed by atoms with Gasteiger partial charge in [-0.2, -0.15) is 8.78 Å². The first kappa shape index (κ1) is 24.0. The van der Waals surface area contributed by atoms with Gasteiger partial charge in [0.2, 0.25) is 5.91 Å². The fraction of sp³-hybridized carbons (Fsp3) is 0.346. The number of aromatic amines is 1. The van der Waals surface area contributed by atoms with Crippen molar-refractivity contribution in [2.24, 2.45) is 5.41 Å². The molecular weight excluding hydrogens is 494 g/mol. The van der Waals surface area contributed by atoms with Crippen molar-refractivity contribution in [3.8, 4) is 17.1 Å². The number of piperidine rings is 1. The predicted molar refractivity (Wildman–Crippen MR) is 137 cm³/mol. The third kappa shape index (κ3) is 4.69. The molecule has 2 N–H and O–H groups in total. The van der Waals surface area contributed by atoms with Crippen molar-refractivity contribution in [3.63, 3.8) is 0 Å². The summed E-state index contributed by atoms with van der Waals surface area (Å²) in [5.41, 5.74) is 1.69. The van der Waals surface area contributed by atoms with E-state index in [1.165, 1.54) is 18.3 Å². The van der Waals surface area contributed by atoms with Gasteiger partial charge in [-0.1, -0.05) is 0 Å². The van der Waals surface area contributed by atoms with E-state index in [0.717, 1.165) is 61.4 Å². The van der Waals surface area contributed by atoms with Gasteiger partial charge in [-0.05, 0) is 31.0 Å². The lowest BCUT2D eigenvalue weighted by molar-refractivity contribution is -0.131. The number of ether oxygens (including phenoxy) is 1. The molecule has 12 heteroatoms. The SMILES string of the molecule is CC(=O)N1CCC2(CC1)CN(c1cc(Nc3cc(OC(F)F)ccn3)nc(-c3c[nH]c4ncccc34)n1)C2. The molecule has 4 aromatic rings. The molecule has 0 unspecified atom stereocenters. The first-order chi connectivity index (χ1) is 18.4. The Morgan fingerprint density at radius 1 is 1.11 bits per heavy atom. The van der Waals surface area contributed by atoms with Crippen molar-refractivity contribution < 1.29 is 18.3 Å². The molecule has 0 aromatic carbocycles. The van der Waals surface area contributed by atoms with Crippen LogP contribution in [0.15, 0.2) is 48.9 Å². The highest BCUT2D eigenvalue weighted by Crippen LogP contribution is 2.43. The Hall–Kier alpha value is -4.35. The lowest BCUT2D eigenvalue weighted by Gasteiger charge is -2.54. The molecule has 0 atom stereocenters. The number of anilines is 3. The van der Waals surface area contributed by atoms with Gasteiger partial charge in [0.05, 0.1) is 0 Å². The number of H-pyrrole nitrogens is 1. The normalized spacial score (nSPS) is 16.6. The van der Waals surface area contributed by atoms with Crippen molar-refractivity contribution in [3.05, 3.63) is 48.9 Å². The molecule has 0 saturated carbocycles. The summed E-state index contributed by atoms with van der Waals surface area (Å²) in [6.45, 7) is 1.90. The second-order valence-corrected chi connectivity index (χ2v) is 9.78. The van der Waals surface area contributed by atoms with E-state index in [4.69, 9.17) is 9.97 Å². The van der Waals surface area contributed by atoms with Crippen LogP contribution in [0.5, 0.6) is 5.75 Å². The van der Waals surface area contributed by atoms with Crippen molar-refractivity contribution in [1.82, 2.24) is 29.8 Å². The Balaban J connectivity index is 1.30. The first-order valence-corrected chi connectivity index (χ1v) is 12.4. The van der Waals surface area contributed by atoms with E-state index in [-0.39, 0.29) is 17.1 Å². The molecular formula is C26H26F2N8O2. The molecule has 0 bridgehead atoms. The van der Waals surface area contributed by atoms with Crippen molar-refractivity contribution in [2.75, 3.05) is 36.4 Å². The van der Waals surface area contributed by atoms with Crippen LogP contribution in [0.3, 0.4) is 0 Å². The number of pyridine rings is 2. The van der Waals surface area contributed by atoms with E-state index in [0.29, 0.717) is 17.5 Å². The van der Waals surface area contributed by atoms with Crippen LogP contribution in [-0.2, 0) is 4.79 Å². The Bertz CT molecular complexity index is 1480. The summed E-state index contributed by atoms with van der Waals surface area (Å²) in [5.74, 6) is 2.15. The smallest absolute Gasteiger partial charge is 0.387 e. The Morgan fingerprint density at radius 3 is 2.68 bits per heavy atom. The molecule has 0 radical (unpaired) electrons. The van der Waals surface area contributed by atoms with Crippen LogP contribution in [0, 0.1) is 5.41 Å². The predicted octanol–water partition coefficient (Wildman–Crippen LogP) is 4.21. The van der Waals surface area contributed by atoms with E-state index >= 15 is 0 Å². The summed E-state index contributed by atoms with van der Waals surface area (Å²) in [5, 5.41) is 4.00. The van der Waals surface area contributed by atoms with Crippen molar-refractivity contribution in [1.29, 1.82) is 0 Å². The highest BCUT2D eigenvalue weighted by molar-refractivity contribution is 5.92. The average molecular weight is 521 g/mol. The van der Waals surface area contributed by atoms with Gasteiger partial charge in [0.25, 0.3) is 0 Å². The number of halogens is 2. The van der Waals surface area contributed by atoms with Crippen LogP contribution >= 0.6 is 0 Å². The number of aromatic nitrogens is 5. The zero-order chi connectivity index (χ0) is 26.3. The number of nitrogens with zero attached hydrogens (tertiary/aromatic N) is 6. The molecule has 2 aliphatic rings. The van der Waals surface area contributed by atoms with Gasteiger partial charge in [-0.3, -0.25) is 4.79 Å². The average Bonchev–Trinajstić information content (AvgIpc) is 3.31. The largest absolute Gasteiger partial charge is 0.435 e. The third-order valence-electron chi connectivity index (χ3n) is 7.26. The van der Waals surface area contributed by atoms with Crippen LogP contribution in [0.2, 0.25) is 0 Å². The third-order valence-corrected chi connectivity index (χ3v) is 7.26. The highest BCUT2D eigenvalue weighted by atomic mass is 19.3. The topological polar surface area (TPSA) is 112 Å². The quantitative estimate of drug-likeness (QED) is 0.389. The molecule has 2 fully saturated rings. The maximum Gasteiger partial charge on any atom is 0.387 e. The molecule has 0 aliphatic carbocycles. The number of fused-ring (bicyclic) bond motifs is 1. The van der Waals surface area contributed by atoms with Gasteiger partial charge < -0.3 is 24.8 Å².